The molecular weight excluding hydrogens is 242 g/mol. The highest BCUT2D eigenvalue weighted by atomic mass is 16.4. The number of aryl methyl sites for hydroxylation is 2. The van der Waals surface area contributed by atoms with Gasteiger partial charge in [0.15, 0.2) is 0 Å². The summed E-state index contributed by atoms with van der Waals surface area (Å²) in [5, 5.41) is 11.4. The molecule has 0 bridgehead atoms. The lowest BCUT2D eigenvalue weighted by atomic mass is 10.1. The number of oxime groups is 1. The van der Waals surface area contributed by atoms with Crippen LogP contribution in [0.15, 0.2) is 23.4 Å². The van der Waals surface area contributed by atoms with Gasteiger partial charge in [-0.15, -0.1) is 0 Å². The van der Waals surface area contributed by atoms with E-state index in [1.807, 2.05) is 39.0 Å². The van der Waals surface area contributed by atoms with Crippen LogP contribution in [0.5, 0.6) is 0 Å². The molecule has 104 valence electrons. The van der Waals surface area contributed by atoms with Gasteiger partial charge in [0.05, 0.1) is 0 Å². The van der Waals surface area contributed by atoms with E-state index in [1.165, 1.54) is 0 Å². The highest BCUT2D eigenvalue weighted by Crippen LogP contribution is 2.12. The van der Waals surface area contributed by atoms with Crippen molar-refractivity contribution in [3.63, 3.8) is 0 Å². The fraction of sp³-hybridized carbons (Fsp3) is 0.429. The molecule has 0 atom stereocenters. The van der Waals surface area contributed by atoms with E-state index in [0.717, 1.165) is 11.1 Å². The van der Waals surface area contributed by atoms with E-state index in [2.05, 4.69) is 5.16 Å². The van der Waals surface area contributed by atoms with Gasteiger partial charge in [-0.1, -0.05) is 11.2 Å². The first-order valence-electron chi connectivity index (χ1n) is 6.32. The van der Waals surface area contributed by atoms with Crippen molar-refractivity contribution in [1.82, 2.24) is 4.90 Å². The zero-order chi connectivity index (χ0) is 14.4. The predicted octanol–water partition coefficient (Wildman–Crippen LogP) is 1.90. The molecule has 0 fully saturated rings. The molecule has 0 heterocycles. The van der Waals surface area contributed by atoms with Crippen molar-refractivity contribution in [2.45, 2.75) is 27.2 Å². The Bertz CT molecular complexity index is 484. The number of amidine groups is 1. The second-order valence-electron chi connectivity index (χ2n) is 4.53. The summed E-state index contributed by atoms with van der Waals surface area (Å²) >= 11 is 0. The lowest BCUT2D eigenvalue weighted by Crippen LogP contribution is -2.34. The van der Waals surface area contributed by atoms with Crippen molar-refractivity contribution in [3.05, 3.63) is 34.9 Å². The standard InChI is InChI=1S/C14H21N3O2/c1-4-17(8-7-13(15)16-19)14(18)12-6-5-10(2)11(3)9-12/h5-6,9,19H,4,7-8H2,1-3H3,(H2,15,16). The fourth-order valence-corrected chi connectivity index (χ4v) is 1.76. The molecule has 0 aromatic heterocycles. The largest absolute Gasteiger partial charge is 0.409 e. The first-order chi connectivity index (χ1) is 8.99. The molecule has 0 saturated heterocycles. The van der Waals surface area contributed by atoms with Crippen molar-refractivity contribution in [1.29, 1.82) is 0 Å². The number of hydrogen-bond donors (Lipinski definition) is 2. The van der Waals surface area contributed by atoms with Crippen molar-refractivity contribution in [2.24, 2.45) is 10.9 Å². The molecule has 0 spiro atoms. The number of rotatable bonds is 5. The van der Waals surface area contributed by atoms with E-state index in [9.17, 15) is 4.79 Å². The number of carbonyl (C=O) groups is 1. The van der Waals surface area contributed by atoms with Crippen LogP contribution in [0.3, 0.4) is 0 Å². The molecule has 0 radical (unpaired) electrons. The average Bonchev–Trinajstić information content (AvgIpc) is 2.41. The lowest BCUT2D eigenvalue weighted by molar-refractivity contribution is 0.0768. The second-order valence-corrected chi connectivity index (χ2v) is 4.53. The summed E-state index contributed by atoms with van der Waals surface area (Å²) in [6, 6.07) is 5.67. The van der Waals surface area contributed by atoms with E-state index in [1.54, 1.807) is 4.90 Å². The SMILES string of the molecule is CCN(CC/C(N)=N/O)C(=O)c1ccc(C)c(C)c1. The summed E-state index contributed by atoms with van der Waals surface area (Å²) in [7, 11) is 0. The van der Waals surface area contributed by atoms with E-state index in [4.69, 9.17) is 10.9 Å². The van der Waals surface area contributed by atoms with Crippen LogP contribution in [0.4, 0.5) is 0 Å². The summed E-state index contributed by atoms with van der Waals surface area (Å²) in [5.74, 6) is 0.0997. The Balaban J connectivity index is 2.80. The van der Waals surface area contributed by atoms with Crippen molar-refractivity contribution >= 4 is 11.7 Å². The quantitative estimate of drug-likeness (QED) is 0.368. The third-order valence-electron chi connectivity index (χ3n) is 3.19. The van der Waals surface area contributed by atoms with Gasteiger partial charge in [0.2, 0.25) is 0 Å². The topological polar surface area (TPSA) is 78.9 Å². The minimum Gasteiger partial charge on any atom is -0.409 e. The summed E-state index contributed by atoms with van der Waals surface area (Å²) in [6.45, 7) is 6.94. The first-order valence-corrected chi connectivity index (χ1v) is 6.32. The molecule has 1 aromatic rings. The van der Waals surface area contributed by atoms with E-state index in [-0.39, 0.29) is 11.7 Å². The van der Waals surface area contributed by atoms with Crippen molar-refractivity contribution in [3.8, 4) is 0 Å². The molecule has 0 aliphatic rings. The maximum Gasteiger partial charge on any atom is 0.253 e. The molecule has 19 heavy (non-hydrogen) atoms. The molecule has 0 aliphatic heterocycles. The van der Waals surface area contributed by atoms with Gasteiger partial charge in [-0.05, 0) is 44.0 Å². The maximum absolute atomic E-state index is 12.3. The van der Waals surface area contributed by atoms with Gasteiger partial charge in [0.1, 0.15) is 5.84 Å². The smallest absolute Gasteiger partial charge is 0.253 e. The zero-order valence-electron chi connectivity index (χ0n) is 11.7. The zero-order valence-corrected chi connectivity index (χ0v) is 11.7. The minimum absolute atomic E-state index is 0.0312. The van der Waals surface area contributed by atoms with Crippen molar-refractivity contribution in [2.75, 3.05) is 13.1 Å². The van der Waals surface area contributed by atoms with E-state index in [0.29, 0.717) is 25.1 Å². The fourth-order valence-electron chi connectivity index (χ4n) is 1.76. The molecule has 1 rings (SSSR count). The Kier molecular flexibility index (Phi) is 5.36. The number of amides is 1. The predicted molar refractivity (Wildman–Crippen MR) is 75.5 cm³/mol. The van der Waals surface area contributed by atoms with Crippen LogP contribution in [0, 0.1) is 13.8 Å². The highest BCUT2D eigenvalue weighted by Gasteiger charge is 2.14. The van der Waals surface area contributed by atoms with Crippen LogP contribution in [-0.4, -0.2) is 34.9 Å². The molecule has 0 aliphatic carbocycles. The highest BCUT2D eigenvalue weighted by molar-refractivity contribution is 5.94. The summed E-state index contributed by atoms with van der Waals surface area (Å²) in [5.41, 5.74) is 8.35. The Hall–Kier alpha value is -2.04. The van der Waals surface area contributed by atoms with Gasteiger partial charge < -0.3 is 15.8 Å². The van der Waals surface area contributed by atoms with Crippen LogP contribution >= 0.6 is 0 Å². The second kappa shape index (κ2) is 6.78. The van der Waals surface area contributed by atoms with E-state index >= 15 is 0 Å². The van der Waals surface area contributed by atoms with Crippen LogP contribution < -0.4 is 5.73 Å². The van der Waals surface area contributed by atoms with Crippen LogP contribution in [0.25, 0.3) is 0 Å². The summed E-state index contributed by atoms with van der Waals surface area (Å²) in [6.07, 6.45) is 0.362. The van der Waals surface area contributed by atoms with Gasteiger partial charge in [-0.2, -0.15) is 0 Å². The monoisotopic (exact) mass is 263 g/mol. The van der Waals surface area contributed by atoms with Crippen molar-refractivity contribution < 1.29 is 10.0 Å². The van der Waals surface area contributed by atoms with Gasteiger partial charge in [-0.3, -0.25) is 4.79 Å². The summed E-state index contributed by atoms with van der Waals surface area (Å²) in [4.78, 5) is 14.0. The van der Waals surface area contributed by atoms with E-state index < -0.39 is 0 Å². The number of benzene rings is 1. The summed E-state index contributed by atoms with van der Waals surface area (Å²) < 4.78 is 0. The third kappa shape index (κ3) is 3.98. The normalized spacial score (nSPS) is 11.4. The maximum atomic E-state index is 12.3. The van der Waals surface area contributed by atoms with Gasteiger partial charge in [-0.25, -0.2) is 0 Å². The number of nitrogens with two attached hydrogens (primary N) is 1. The molecule has 3 N–H and O–H groups in total. The van der Waals surface area contributed by atoms with Crippen LogP contribution in [0.2, 0.25) is 0 Å². The van der Waals surface area contributed by atoms with Gasteiger partial charge in [0, 0.05) is 25.1 Å². The molecular formula is C14H21N3O2. The van der Waals surface area contributed by atoms with Gasteiger partial charge >= 0.3 is 0 Å². The molecule has 0 saturated carbocycles. The molecule has 1 aromatic carbocycles. The average molecular weight is 263 g/mol. The van der Waals surface area contributed by atoms with Crippen LogP contribution in [-0.2, 0) is 0 Å². The third-order valence-corrected chi connectivity index (χ3v) is 3.19. The number of hydrogen-bond acceptors (Lipinski definition) is 3. The van der Waals surface area contributed by atoms with Crippen LogP contribution in [0.1, 0.15) is 34.8 Å². The first kappa shape index (κ1) is 15.0. The van der Waals surface area contributed by atoms with Gasteiger partial charge in [0.25, 0.3) is 5.91 Å². The number of carbonyl (C=O) groups excluding carboxylic acids is 1. The minimum atomic E-state index is -0.0312. The molecule has 5 heteroatoms. The number of nitrogens with zero attached hydrogens (tertiary/aromatic N) is 2. The Labute approximate surface area is 113 Å². The Morgan fingerprint density at radius 2 is 2.05 bits per heavy atom. The Morgan fingerprint density at radius 3 is 2.58 bits per heavy atom. The Morgan fingerprint density at radius 1 is 1.37 bits per heavy atom. The molecule has 0 unspecified atom stereocenters. The molecule has 5 nitrogen and oxygen atoms in total. The molecule has 1 amide bonds. The lowest BCUT2D eigenvalue weighted by Gasteiger charge is -2.21.